The zero-order valence-electron chi connectivity index (χ0n) is 17.6. The largest absolute Gasteiger partial charge is 0.461 e. The molecule has 2 aromatic carbocycles. The second-order valence-electron chi connectivity index (χ2n) is 6.79. The zero-order chi connectivity index (χ0) is 21.7. The van der Waals surface area contributed by atoms with Gasteiger partial charge >= 0.3 is 11.9 Å². The van der Waals surface area contributed by atoms with E-state index in [9.17, 15) is 9.59 Å². The van der Waals surface area contributed by atoms with E-state index in [0.29, 0.717) is 11.1 Å². The van der Waals surface area contributed by atoms with Crippen LogP contribution >= 0.6 is 0 Å². The third-order valence-electron chi connectivity index (χ3n) is 4.48. The van der Waals surface area contributed by atoms with Crippen LogP contribution in [0.5, 0.6) is 0 Å². The molecule has 6 nitrogen and oxygen atoms in total. The Balaban J connectivity index is 2.29. The molecule has 3 rings (SSSR count). The molecule has 0 aliphatic carbocycles. The number of hydrogen-bond donors (Lipinski definition) is 0. The van der Waals surface area contributed by atoms with E-state index in [1.165, 1.54) is 0 Å². The number of benzene rings is 2. The van der Waals surface area contributed by atoms with Crippen LogP contribution in [0, 0.1) is 13.8 Å². The van der Waals surface area contributed by atoms with E-state index in [2.05, 4.69) is 9.97 Å². The normalized spacial score (nSPS) is 10.5. The standard InChI is InChI=1S/C24H24N2O4/c1-5-29-23(27)21-19(17-11-7-15(3)8-12-17)26-22(24(28)30-6-2)20(25-21)18-13-9-16(4)10-14-18/h7-14H,5-6H2,1-4H3. The zero-order valence-corrected chi connectivity index (χ0v) is 17.6. The van der Waals surface area contributed by atoms with Gasteiger partial charge < -0.3 is 9.47 Å². The van der Waals surface area contributed by atoms with Crippen LogP contribution in [0.4, 0.5) is 0 Å². The molecule has 6 heteroatoms. The second kappa shape index (κ2) is 9.31. The van der Waals surface area contributed by atoms with Crippen molar-refractivity contribution in [1.82, 2.24) is 9.97 Å². The van der Waals surface area contributed by atoms with Gasteiger partial charge in [-0.1, -0.05) is 59.7 Å². The molecule has 0 saturated carbocycles. The van der Waals surface area contributed by atoms with Gasteiger partial charge in [-0.15, -0.1) is 0 Å². The lowest BCUT2D eigenvalue weighted by Crippen LogP contribution is -2.17. The fraction of sp³-hybridized carbons (Fsp3) is 0.250. The van der Waals surface area contributed by atoms with Crippen molar-refractivity contribution in [3.8, 4) is 22.5 Å². The first-order chi connectivity index (χ1) is 14.4. The van der Waals surface area contributed by atoms with Gasteiger partial charge in [0.25, 0.3) is 0 Å². The minimum atomic E-state index is -0.593. The average molecular weight is 404 g/mol. The van der Waals surface area contributed by atoms with Crippen molar-refractivity contribution in [3.63, 3.8) is 0 Å². The Labute approximate surface area is 175 Å². The summed E-state index contributed by atoms with van der Waals surface area (Å²) in [7, 11) is 0. The first kappa shape index (κ1) is 21.2. The molecule has 0 unspecified atom stereocenters. The molecule has 30 heavy (non-hydrogen) atoms. The SMILES string of the molecule is CCOC(=O)c1nc(-c2ccc(C)cc2)c(C(=O)OCC)nc1-c1ccc(C)cc1. The van der Waals surface area contributed by atoms with Crippen molar-refractivity contribution in [2.75, 3.05) is 13.2 Å². The molecule has 0 bridgehead atoms. The number of aryl methyl sites for hydroxylation is 2. The highest BCUT2D eigenvalue weighted by atomic mass is 16.5. The predicted molar refractivity (Wildman–Crippen MR) is 114 cm³/mol. The Morgan fingerprint density at radius 3 is 1.30 bits per heavy atom. The van der Waals surface area contributed by atoms with Gasteiger partial charge in [-0.3, -0.25) is 0 Å². The third kappa shape index (κ3) is 4.54. The van der Waals surface area contributed by atoms with Crippen LogP contribution in [0.15, 0.2) is 48.5 Å². The van der Waals surface area contributed by atoms with Crippen molar-refractivity contribution >= 4 is 11.9 Å². The average Bonchev–Trinajstić information content (AvgIpc) is 2.74. The van der Waals surface area contributed by atoms with Gasteiger partial charge in [0.15, 0.2) is 11.4 Å². The highest BCUT2D eigenvalue weighted by molar-refractivity contribution is 5.99. The summed E-state index contributed by atoms with van der Waals surface area (Å²) in [6.45, 7) is 7.79. The number of aromatic nitrogens is 2. The number of hydrogen-bond acceptors (Lipinski definition) is 6. The summed E-state index contributed by atoms with van der Waals surface area (Å²) in [5.41, 5.74) is 4.14. The maximum atomic E-state index is 12.7. The number of rotatable bonds is 6. The molecule has 154 valence electrons. The fourth-order valence-corrected chi connectivity index (χ4v) is 2.94. The molecule has 0 N–H and O–H groups in total. The molecule has 1 heterocycles. The number of carbonyl (C=O) groups excluding carboxylic acids is 2. The van der Waals surface area contributed by atoms with Crippen molar-refractivity contribution in [3.05, 3.63) is 71.0 Å². The Bertz CT molecular complexity index is 971. The third-order valence-corrected chi connectivity index (χ3v) is 4.48. The lowest BCUT2D eigenvalue weighted by Gasteiger charge is -2.14. The topological polar surface area (TPSA) is 78.4 Å². The van der Waals surface area contributed by atoms with E-state index in [1.54, 1.807) is 13.8 Å². The Morgan fingerprint density at radius 1 is 0.667 bits per heavy atom. The highest BCUT2D eigenvalue weighted by Crippen LogP contribution is 2.28. The van der Waals surface area contributed by atoms with E-state index >= 15 is 0 Å². The van der Waals surface area contributed by atoms with Gasteiger partial charge in [0.1, 0.15) is 11.4 Å². The van der Waals surface area contributed by atoms with E-state index < -0.39 is 11.9 Å². The molecule has 0 saturated heterocycles. The van der Waals surface area contributed by atoms with E-state index in [4.69, 9.17) is 9.47 Å². The first-order valence-corrected chi connectivity index (χ1v) is 9.85. The van der Waals surface area contributed by atoms with Gasteiger partial charge in [-0.05, 0) is 27.7 Å². The van der Waals surface area contributed by atoms with Crippen LogP contribution in [0.1, 0.15) is 46.0 Å². The van der Waals surface area contributed by atoms with E-state index in [0.717, 1.165) is 11.1 Å². The molecule has 0 fully saturated rings. The van der Waals surface area contributed by atoms with E-state index in [1.807, 2.05) is 62.4 Å². The maximum Gasteiger partial charge on any atom is 0.359 e. The molecule has 0 aliphatic rings. The number of nitrogens with zero attached hydrogens (tertiary/aromatic N) is 2. The van der Waals surface area contributed by atoms with Crippen molar-refractivity contribution in [1.29, 1.82) is 0 Å². The molecule has 0 radical (unpaired) electrons. The summed E-state index contributed by atoms with van der Waals surface area (Å²) in [5, 5.41) is 0. The molecule has 0 amide bonds. The van der Waals surface area contributed by atoms with Crippen LogP contribution in [0.3, 0.4) is 0 Å². The van der Waals surface area contributed by atoms with Gasteiger partial charge in [0.2, 0.25) is 0 Å². The molecular weight excluding hydrogens is 380 g/mol. The maximum absolute atomic E-state index is 12.7. The van der Waals surface area contributed by atoms with Crippen molar-refractivity contribution in [2.24, 2.45) is 0 Å². The summed E-state index contributed by atoms with van der Waals surface area (Å²) < 4.78 is 10.4. The minimum Gasteiger partial charge on any atom is -0.461 e. The lowest BCUT2D eigenvalue weighted by molar-refractivity contribution is 0.0502. The summed E-state index contributed by atoms with van der Waals surface area (Å²) in [6.07, 6.45) is 0. The molecular formula is C24H24N2O4. The summed E-state index contributed by atoms with van der Waals surface area (Å²) in [6, 6.07) is 15.0. The monoisotopic (exact) mass is 404 g/mol. The predicted octanol–water partition coefficient (Wildman–Crippen LogP) is 4.78. The van der Waals surface area contributed by atoms with Crippen molar-refractivity contribution < 1.29 is 19.1 Å². The van der Waals surface area contributed by atoms with Gasteiger partial charge in [-0.25, -0.2) is 19.6 Å². The van der Waals surface area contributed by atoms with Crippen LogP contribution in [0.2, 0.25) is 0 Å². The quantitative estimate of drug-likeness (QED) is 0.550. The van der Waals surface area contributed by atoms with E-state index in [-0.39, 0.29) is 36.0 Å². The van der Waals surface area contributed by atoms with Gasteiger partial charge in [0, 0.05) is 11.1 Å². The van der Waals surface area contributed by atoms with Crippen LogP contribution in [0.25, 0.3) is 22.5 Å². The second-order valence-corrected chi connectivity index (χ2v) is 6.79. The number of esters is 2. The number of ether oxygens (including phenoxy) is 2. The smallest absolute Gasteiger partial charge is 0.359 e. The highest BCUT2D eigenvalue weighted by Gasteiger charge is 2.26. The van der Waals surface area contributed by atoms with Gasteiger partial charge in [-0.2, -0.15) is 0 Å². The van der Waals surface area contributed by atoms with Crippen LogP contribution in [-0.4, -0.2) is 35.1 Å². The van der Waals surface area contributed by atoms with Crippen LogP contribution < -0.4 is 0 Å². The minimum absolute atomic E-state index is 0.0596. The molecule has 3 aromatic rings. The van der Waals surface area contributed by atoms with Crippen molar-refractivity contribution in [2.45, 2.75) is 27.7 Å². The Kier molecular flexibility index (Phi) is 6.57. The first-order valence-electron chi connectivity index (χ1n) is 9.85. The van der Waals surface area contributed by atoms with Crippen LogP contribution in [-0.2, 0) is 9.47 Å². The summed E-state index contributed by atoms with van der Waals surface area (Å²) in [5.74, 6) is -1.19. The number of carbonyl (C=O) groups is 2. The summed E-state index contributed by atoms with van der Waals surface area (Å²) >= 11 is 0. The lowest BCUT2D eigenvalue weighted by atomic mass is 10.0. The Morgan fingerprint density at radius 2 is 1.00 bits per heavy atom. The summed E-state index contributed by atoms with van der Waals surface area (Å²) in [4.78, 5) is 34.5. The molecule has 0 spiro atoms. The molecule has 1 aromatic heterocycles. The Hall–Kier alpha value is -3.54. The van der Waals surface area contributed by atoms with Gasteiger partial charge in [0.05, 0.1) is 13.2 Å². The molecule has 0 aliphatic heterocycles. The molecule has 0 atom stereocenters. The fourth-order valence-electron chi connectivity index (χ4n) is 2.94.